The van der Waals surface area contributed by atoms with Crippen LogP contribution in [0.4, 0.5) is 4.39 Å². The van der Waals surface area contributed by atoms with Gasteiger partial charge in [0.1, 0.15) is 5.82 Å². The molecule has 1 spiro atoms. The van der Waals surface area contributed by atoms with Gasteiger partial charge in [-0.2, -0.15) is 0 Å². The lowest BCUT2D eigenvalue weighted by Gasteiger charge is -2.55. The van der Waals surface area contributed by atoms with Crippen molar-refractivity contribution in [2.75, 3.05) is 20.1 Å². The zero-order valence-electron chi connectivity index (χ0n) is 11.1. The zero-order chi connectivity index (χ0) is 14.5. The van der Waals surface area contributed by atoms with Gasteiger partial charge in [-0.05, 0) is 48.0 Å². The van der Waals surface area contributed by atoms with E-state index in [-0.39, 0.29) is 17.4 Å². The number of carbonyl (C=O) groups excluding carboxylic acids is 1. The van der Waals surface area contributed by atoms with Gasteiger partial charge in [-0.3, -0.25) is 9.69 Å². The van der Waals surface area contributed by atoms with E-state index in [2.05, 4.69) is 20.8 Å². The van der Waals surface area contributed by atoms with Crippen molar-refractivity contribution in [3.8, 4) is 0 Å². The number of carbonyl (C=O) groups is 1. The fraction of sp³-hybridized carbons (Fsp3) is 0.500. The molecule has 1 aromatic carbocycles. The average Bonchev–Trinajstić information content (AvgIpc) is 2.88. The summed E-state index contributed by atoms with van der Waals surface area (Å²) in [6.07, 6.45) is 2.69. The molecule has 0 radical (unpaired) electrons. The first-order valence-corrected chi connectivity index (χ1v) is 7.71. The van der Waals surface area contributed by atoms with Crippen molar-refractivity contribution in [3.63, 3.8) is 0 Å². The lowest BCUT2D eigenvalue weighted by Crippen LogP contribution is -2.60. The maximum Gasteiger partial charge on any atom is 0.209 e. The average molecular weight is 362 g/mol. The summed E-state index contributed by atoms with van der Waals surface area (Å²) in [5.41, 5.74) is 0.620. The summed E-state index contributed by atoms with van der Waals surface area (Å²) in [6, 6.07) is 2.98. The molecule has 6 heteroatoms. The van der Waals surface area contributed by atoms with Crippen molar-refractivity contribution < 1.29 is 9.18 Å². The lowest BCUT2D eigenvalue weighted by atomic mass is 9.75. The Morgan fingerprint density at radius 2 is 2.30 bits per heavy atom. The molecule has 2 unspecified atom stereocenters. The van der Waals surface area contributed by atoms with Crippen molar-refractivity contribution in [3.05, 3.63) is 33.0 Å². The molecule has 3 nitrogen and oxygen atoms in total. The van der Waals surface area contributed by atoms with Crippen LogP contribution in [0.3, 0.4) is 0 Å². The van der Waals surface area contributed by atoms with E-state index >= 15 is 0 Å². The fourth-order valence-electron chi connectivity index (χ4n) is 3.44. The van der Waals surface area contributed by atoms with Crippen LogP contribution in [0.2, 0.25) is 5.02 Å². The molecule has 2 heterocycles. The minimum absolute atomic E-state index is 0.000224. The monoisotopic (exact) mass is 360 g/mol. The van der Waals surface area contributed by atoms with Gasteiger partial charge in [0.25, 0.3) is 0 Å². The van der Waals surface area contributed by atoms with Gasteiger partial charge in [0.2, 0.25) is 6.41 Å². The van der Waals surface area contributed by atoms with Crippen molar-refractivity contribution in [1.82, 2.24) is 9.80 Å². The molecule has 0 bridgehead atoms. The molecule has 1 amide bonds. The summed E-state index contributed by atoms with van der Waals surface area (Å²) in [5.74, 6) is -0.238. The van der Waals surface area contributed by atoms with E-state index < -0.39 is 0 Å². The Labute approximate surface area is 130 Å². The molecule has 2 aliphatic heterocycles. The van der Waals surface area contributed by atoms with Gasteiger partial charge in [-0.1, -0.05) is 11.6 Å². The molecule has 1 aromatic rings. The molecule has 108 valence electrons. The smallest absolute Gasteiger partial charge is 0.209 e. The minimum Gasteiger partial charge on any atom is -0.343 e. The Bertz CT molecular complexity index is 570. The van der Waals surface area contributed by atoms with Crippen LogP contribution in [-0.2, 0) is 4.79 Å². The number of amides is 1. The summed E-state index contributed by atoms with van der Waals surface area (Å²) in [5, 5.41) is 0.525. The number of rotatable bonds is 2. The number of halogens is 3. The van der Waals surface area contributed by atoms with E-state index in [1.807, 2.05) is 7.05 Å². The first-order valence-electron chi connectivity index (χ1n) is 6.54. The third-order valence-electron chi connectivity index (χ3n) is 4.71. The third kappa shape index (κ3) is 1.98. The first-order chi connectivity index (χ1) is 9.48. The highest BCUT2D eigenvalue weighted by Crippen LogP contribution is 2.52. The van der Waals surface area contributed by atoms with Crippen molar-refractivity contribution in [1.29, 1.82) is 0 Å². The maximum atomic E-state index is 14.1. The molecule has 0 aliphatic carbocycles. The van der Waals surface area contributed by atoms with Gasteiger partial charge in [0.05, 0.1) is 5.02 Å². The Balaban J connectivity index is 1.86. The van der Waals surface area contributed by atoms with Crippen LogP contribution in [0.1, 0.15) is 24.4 Å². The molecular weight excluding hydrogens is 347 g/mol. The maximum absolute atomic E-state index is 14.1. The number of benzene rings is 1. The second kappa shape index (κ2) is 4.97. The van der Waals surface area contributed by atoms with Crippen LogP contribution < -0.4 is 0 Å². The van der Waals surface area contributed by atoms with Gasteiger partial charge in [0, 0.05) is 34.7 Å². The molecule has 2 saturated heterocycles. The Morgan fingerprint density at radius 1 is 1.55 bits per heavy atom. The van der Waals surface area contributed by atoms with E-state index in [1.54, 1.807) is 11.0 Å². The summed E-state index contributed by atoms with van der Waals surface area (Å²) >= 11 is 9.46. The van der Waals surface area contributed by atoms with Crippen LogP contribution in [0, 0.1) is 5.82 Å². The van der Waals surface area contributed by atoms with Crippen LogP contribution in [0.5, 0.6) is 0 Å². The fourth-order valence-corrected chi connectivity index (χ4v) is 4.19. The second-order valence-electron chi connectivity index (χ2n) is 5.64. The molecule has 2 fully saturated rings. The van der Waals surface area contributed by atoms with Gasteiger partial charge in [-0.15, -0.1) is 0 Å². The van der Waals surface area contributed by atoms with Crippen LogP contribution in [0.15, 0.2) is 16.6 Å². The Morgan fingerprint density at radius 3 is 2.90 bits per heavy atom. The van der Waals surface area contributed by atoms with Gasteiger partial charge < -0.3 is 4.90 Å². The quantitative estimate of drug-likeness (QED) is 0.596. The molecule has 20 heavy (non-hydrogen) atoms. The molecule has 3 rings (SSSR count). The number of nitrogens with zero attached hydrogens (tertiary/aromatic N) is 2. The first kappa shape index (κ1) is 14.3. The van der Waals surface area contributed by atoms with Crippen LogP contribution >= 0.6 is 27.5 Å². The molecule has 2 aliphatic rings. The predicted octanol–water partition coefficient (Wildman–Crippen LogP) is 3.22. The normalized spacial score (nSPS) is 29.8. The summed E-state index contributed by atoms with van der Waals surface area (Å²) in [6.45, 7) is 1.50. The highest BCUT2D eigenvalue weighted by atomic mass is 79.9. The Kier molecular flexibility index (Phi) is 3.55. The molecule has 2 atom stereocenters. The summed E-state index contributed by atoms with van der Waals surface area (Å²) in [7, 11) is 2.00. The van der Waals surface area contributed by atoms with Crippen LogP contribution in [-0.4, -0.2) is 41.9 Å². The van der Waals surface area contributed by atoms with Gasteiger partial charge in [-0.25, -0.2) is 4.39 Å². The predicted molar refractivity (Wildman–Crippen MR) is 79.2 cm³/mol. The van der Waals surface area contributed by atoms with Crippen molar-refractivity contribution in [2.45, 2.75) is 24.4 Å². The molecule has 0 N–H and O–H groups in total. The molecule has 0 aromatic heterocycles. The molecule has 0 saturated carbocycles. The lowest BCUT2D eigenvalue weighted by molar-refractivity contribution is -0.119. The van der Waals surface area contributed by atoms with E-state index in [0.717, 1.165) is 32.3 Å². The number of likely N-dealkylation sites (tertiary alicyclic amines) is 2. The van der Waals surface area contributed by atoms with Crippen molar-refractivity contribution >= 4 is 33.9 Å². The number of hydrogen-bond donors (Lipinski definition) is 0. The Hall–Kier alpha value is -0.650. The zero-order valence-corrected chi connectivity index (χ0v) is 13.4. The summed E-state index contributed by atoms with van der Waals surface area (Å²) in [4.78, 5) is 14.8. The van der Waals surface area contributed by atoms with Gasteiger partial charge in [0.15, 0.2) is 0 Å². The highest BCUT2D eigenvalue weighted by Gasteiger charge is 2.54. The highest BCUT2D eigenvalue weighted by molar-refractivity contribution is 9.10. The topological polar surface area (TPSA) is 23.6 Å². The largest absolute Gasteiger partial charge is 0.343 e. The van der Waals surface area contributed by atoms with Gasteiger partial charge >= 0.3 is 0 Å². The number of hydrogen-bond acceptors (Lipinski definition) is 2. The summed E-state index contributed by atoms with van der Waals surface area (Å²) < 4.78 is 14.7. The van der Waals surface area contributed by atoms with E-state index in [0.29, 0.717) is 15.1 Å². The number of likely N-dealkylation sites (N-methyl/N-ethyl adjacent to an activating group) is 1. The van der Waals surface area contributed by atoms with E-state index in [1.165, 1.54) is 6.07 Å². The van der Waals surface area contributed by atoms with E-state index in [9.17, 15) is 9.18 Å². The van der Waals surface area contributed by atoms with Crippen LogP contribution in [0.25, 0.3) is 0 Å². The standard InChI is InChI=1S/C14H15BrClFN2O/c1-18-11(6-14(18)4-5-19(7-14)8-20)12-10(17)3-2-9(16)13(12)15/h2-3,8,11H,4-7H2,1H3. The van der Waals surface area contributed by atoms with E-state index in [4.69, 9.17) is 11.6 Å². The minimum atomic E-state index is -0.238. The molecular formula is C14H15BrClFN2O. The SMILES string of the molecule is CN1C(c2c(F)ccc(Cl)c2Br)CC12CCN(C=O)C2. The second-order valence-corrected chi connectivity index (χ2v) is 6.84. The third-order valence-corrected chi connectivity index (χ3v) is 6.11. The van der Waals surface area contributed by atoms with Crippen molar-refractivity contribution in [2.24, 2.45) is 0 Å².